The summed E-state index contributed by atoms with van der Waals surface area (Å²) in [5.74, 6) is -4.11. The van der Waals surface area contributed by atoms with Gasteiger partial charge >= 0.3 is 60.8 Å². The number of rotatable bonds is 40. The minimum Gasteiger partial charge on any atom is -0.550 e. The van der Waals surface area contributed by atoms with E-state index >= 15 is 0 Å². The van der Waals surface area contributed by atoms with Crippen molar-refractivity contribution in [1.29, 1.82) is 0 Å². The number of aliphatic carboxylic acids is 2. The molecule has 0 radical (unpaired) electrons. The van der Waals surface area contributed by atoms with Crippen LogP contribution in [-0.2, 0) is 51.3 Å². The van der Waals surface area contributed by atoms with Gasteiger partial charge in [-0.2, -0.15) is 0 Å². The van der Waals surface area contributed by atoms with Gasteiger partial charge in [0.05, 0.1) is 13.2 Å². The van der Waals surface area contributed by atoms with Gasteiger partial charge in [-0.3, -0.25) is 9.59 Å². The Bertz CT molecular complexity index is 1350. The minimum atomic E-state index is -0.942. The molecule has 0 bridgehead atoms. The third kappa shape index (κ3) is 36.5. The molecule has 0 saturated heterocycles. The number of carboxylic acid groups (broad SMARTS) is 2. The van der Waals surface area contributed by atoms with Gasteiger partial charge in [0, 0.05) is 51.5 Å². The Morgan fingerprint density at radius 2 is 0.677 bits per heavy atom. The molecule has 0 saturated carbocycles. The summed E-state index contributed by atoms with van der Waals surface area (Å²) in [6, 6.07) is 20.1. The fraction of sp³-hybridized carbons (Fsp3) is 0.704. The van der Waals surface area contributed by atoms with Gasteiger partial charge in [-0.1, -0.05) is 190 Å². The predicted octanol–water partition coefficient (Wildman–Crippen LogP) is 11.8. The van der Waals surface area contributed by atoms with Gasteiger partial charge in [0.15, 0.2) is 0 Å². The van der Waals surface area contributed by atoms with Gasteiger partial charge in [0.1, 0.15) is 0 Å². The molecule has 10 nitrogen and oxygen atoms in total. The molecule has 2 rings (SSSR count). The van der Waals surface area contributed by atoms with Crippen molar-refractivity contribution in [2.24, 2.45) is 0 Å². The topological polar surface area (TPSA) is 151 Å². The van der Waals surface area contributed by atoms with Crippen LogP contribution in [0.25, 0.3) is 0 Å². The van der Waals surface area contributed by atoms with E-state index in [0.29, 0.717) is 13.2 Å². The summed E-state index contributed by atoms with van der Waals surface area (Å²) < 4.78 is 24.0. The van der Waals surface area contributed by atoms with Crippen LogP contribution in [0.1, 0.15) is 231 Å². The Morgan fingerprint density at radius 3 is 0.938 bits per heavy atom. The van der Waals surface area contributed by atoms with Crippen molar-refractivity contribution in [1.82, 2.24) is 0 Å². The number of carbonyl (C=O) groups is 4. The zero-order valence-electron chi connectivity index (χ0n) is 41.2. The second-order valence-electron chi connectivity index (χ2n) is 17.6. The molecule has 0 aliphatic rings. The number of hydrogen-bond donors (Lipinski definition) is 0. The van der Waals surface area contributed by atoms with E-state index in [1.54, 1.807) is 0 Å². The van der Waals surface area contributed by atoms with E-state index in [-0.39, 0.29) is 73.7 Å². The van der Waals surface area contributed by atoms with Gasteiger partial charge in [0.2, 0.25) is 11.6 Å². The van der Waals surface area contributed by atoms with Gasteiger partial charge in [-0.05, 0) is 62.5 Å². The second-order valence-corrected chi connectivity index (χ2v) is 17.6. The molecule has 2 unspecified atom stereocenters. The molecule has 0 aromatic heterocycles. The maximum Gasteiger partial charge on any atom is 2.00 e. The number of esters is 2. The fourth-order valence-corrected chi connectivity index (χ4v) is 7.95. The SMILES string of the molecule is CCCCC(CCCCCCCCCCCCC(=O)[O-])(OCc1ccccc1)OC(C)=O.CCCCC(CCCCCCCCCCCCC(=O)[O-])(OCc1ccccc1)OC(C)=O.[Ba+2]. The summed E-state index contributed by atoms with van der Waals surface area (Å²) in [5.41, 5.74) is 2.17. The third-order valence-electron chi connectivity index (χ3n) is 11.5. The summed E-state index contributed by atoms with van der Waals surface area (Å²) in [6.07, 6.45) is 29.1. The second kappa shape index (κ2) is 42.0. The van der Waals surface area contributed by atoms with Gasteiger partial charge in [-0.15, -0.1) is 0 Å². The van der Waals surface area contributed by atoms with Crippen molar-refractivity contribution in [3.63, 3.8) is 0 Å². The molecule has 11 heteroatoms. The number of hydrogen-bond acceptors (Lipinski definition) is 10. The van der Waals surface area contributed by atoms with E-state index < -0.39 is 23.5 Å². The fourth-order valence-electron chi connectivity index (χ4n) is 7.95. The van der Waals surface area contributed by atoms with Crippen LogP contribution in [0.5, 0.6) is 0 Å². The maximum absolute atomic E-state index is 11.8. The van der Waals surface area contributed by atoms with Crippen LogP contribution < -0.4 is 10.2 Å². The standard InChI is InChI=1S/2C27H44O5.Ba/c2*1-3-4-21-27(32-24(2)28,31-23-25-18-14-13-15-19-25)22-17-12-10-8-6-5-7-9-11-16-20-26(29)30;/h2*13-15,18-19H,3-12,16-17,20-23H2,1-2H3,(H,29,30);/q;;+2/p-2. The van der Waals surface area contributed by atoms with E-state index in [1.165, 1.54) is 78.1 Å². The first-order valence-corrected chi connectivity index (χ1v) is 25.1. The molecule has 2 aromatic carbocycles. The van der Waals surface area contributed by atoms with Crippen molar-refractivity contribution in [2.75, 3.05) is 0 Å². The summed E-state index contributed by atoms with van der Waals surface area (Å²) in [7, 11) is 0. The van der Waals surface area contributed by atoms with Crippen molar-refractivity contribution in [3.05, 3.63) is 71.8 Å². The van der Waals surface area contributed by atoms with Crippen molar-refractivity contribution in [2.45, 2.75) is 245 Å². The average molecular weight is 1030 g/mol. The predicted molar refractivity (Wildman–Crippen MR) is 257 cm³/mol. The molecule has 0 aliphatic carbocycles. The number of ether oxygens (including phenoxy) is 4. The molecule has 0 N–H and O–H groups in total. The van der Waals surface area contributed by atoms with Crippen LogP contribution in [0, 0.1) is 0 Å². The number of unbranched alkanes of at least 4 members (excludes halogenated alkanes) is 20. The summed E-state index contributed by atoms with van der Waals surface area (Å²) in [6.45, 7) is 8.09. The minimum absolute atomic E-state index is 0. The zero-order chi connectivity index (χ0) is 47.0. The molecular formula is C54H86BaO10. The average Bonchev–Trinajstić information content (AvgIpc) is 3.27. The van der Waals surface area contributed by atoms with Crippen LogP contribution in [0.15, 0.2) is 60.7 Å². The van der Waals surface area contributed by atoms with Crippen LogP contribution in [0.4, 0.5) is 0 Å². The van der Waals surface area contributed by atoms with E-state index in [9.17, 15) is 29.4 Å². The molecule has 0 spiro atoms. The summed E-state index contributed by atoms with van der Waals surface area (Å²) in [4.78, 5) is 44.4. The molecule has 364 valence electrons. The summed E-state index contributed by atoms with van der Waals surface area (Å²) >= 11 is 0. The molecule has 0 aliphatic heterocycles. The zero-order valence-corrected chi connectivity index (χ0v) is 45.6. The van der Waals surface area contributed by atoms with E-state index in [2.05, 4.69) is 13.8 Å². The van der Waals surface area contributed by atoms with Gasteiger partial charge in [-0.25, -0.2) is 0 Å². The Kier molecular flexibility index (Phi) is 40.5. The smallest absolute Gasteiger partial charge is 0.550 e. The van der Waals surface area contributed by atoms with Crippen LogP contribution >= 0.6 is 0 Å². The van der Waals surface area contributed by atoms with E-state index in [4.69, 9.17) is 18.9 Å². The van der Waals surface area contributed by atoms with Gasteiger partial charge < -0.3 is 38.7 Å². The van der Waals surface area contributed by atoms with Crippen molar-refractivity contribution in [3.8, 4) is 0 Å². The molecule has 0 amide bonds. The molecule has 2 aromatic rings. The molecular weight excluding hydrogens is 946 g/mol. The Balaban J connectivity index is 0.00000124. The number of benzene rings is 2. The van der Waals surface area contributed by atoms with Crippen molar-refractivity contribution < 1.29 is 48.3 Å². The first-order valence-electron chi connectivity index (χ1n) is 25.1. The molecule has 0 heterocycles. The number of carboxylic acids is 2. The molecule has 2 atom stereocenters. The first-order chi connectivity index (χ1) is 30.9. The van der Waals surface area contributed by atoms with Crippen LogP contribution in [0.2, 0.25) is 0 Å². The summed E-state index contributed by atoms with van der Waals surface area (Å²) in [5, 5.41) is 20.8. The quantitative estimate of drug-likeness (QED) is 0.0273. The van der Waals surface area contributed by atoms with Crippen molar-refractivity contribution >= 4 is 72.8 Å². The van der Waals surface area contributed by atoms with Gasteiger partial charge in [0.25, 0.3) is 0 Å². The van der Waals surface area contributed by atoms with Crippen LogP contribution in [-0.4, -0.2) is 84.3 Å². The monoisotopic (exact) mass is 1030 g/mol. The Morgan fingerprint density at radius 1 is 0.415 bits per heavy atom. The molecule has 0 fully saturated rings. The third-order valence-corrected chi connectivity index (χ3v) is 11.5. The molecule has 65 heavy (non-hydrogen) atoms. The van der Waals surface area contributed by atoms with E-state index in [0.717, 1.165) is 127 Å². The van der Waals surface area contributed by atoms with Crippen LogP contribution in [0.3, 0.4) is 0 Å². The maximum atomic E-state index is 11.8. The Hall–Kier alpha value is -2.19. The first kappa shape index (κ1) is 62.8. The normalized spacial score (nSPS) is 12.7. The largest absolute Gasteiger partial charge is 2.00 e. The number of carbonyl (C=O) groups excluding carboxylic acids is 4. The van der Waals surface area contributed by atoms with E-state index in [1.807, 2.05) is 60.7 Å². The Labute approximate surface area is 434 Å².